The smallest absolute Gasteiger partial charge is 0.329 e. The normalized spacial score (nSPS) is 18.8. The van der Waals surface area contributed by atoms with Crippen molar-refractivity contribution < 1.29 is 19.2 Å². The largest absolute Gasteiger partial charge is 0.467 e. The van der Waals surface area contributed by atoms with Gasteiger partial charge in [0.15, 0.2) is 0 Å². The second-order valence-electron chi connectivity index (χ2n) is 5.88. The van der Waals surface area contributed by atoms with E-state index < -0.39 is 28.2 Å². The zero-order chi connectivity index (χ0) is 20.4. The number of ether oxygens (including phenoxy) is 1. The average molecular weight is 441 g/mol. The van der Waals surface area contributed by atoms with E-state index in [0.29, 0.717) is 16.3 Å². The van der Waals surface area contributed by atoms with Gasteiger partial charge < -0.3 is 9.64 Å². The minimum Gasteiger partial charge on any atom is -0.467 e. The van der Waals surface area contributed by atoms with Gasteiger partial charge in [0.2, 0.25) is 0 Å². The Kier molecular flexibility index (Phi) is 6.12. The van der Waals surface area contributed by atoms with Gasteiger partial charge in [-0.1, -0.05) is 41.4 Å². The SMILES string of the molecule is COC(=O)C1CSC(c2ccccc2Cl)N1C(=O)c1ccc(Cl)c([N+](=O)[O-])c1. The van der Waals surface area contributed by atoms with E-state index in [1.165, 1.54) is 35.9 Å². The molecule has 0 saturated carbocycles. The molecule has 0 spiro atoms. The van der Waals surface area contributed by atoms with Gasteiger partial charge in [0.05, 0.1) is 12.0 Å². The molecule has 2 unspecified atom stereocenters. The van der Waals surface area contributed by atoms with Crippen LogP contribution in [-0.2, 0) is 9.53 Å². The van der Waals surface area contributed by atoms with Gasteiger partial charge in [0.1, 0.15) is 16.4 Å². The van der Waals surface area contributed by atoms with Crippen molar-refractivity contribution in [2.45, 2.75) is 11.4 Å². The van der Waals surface area contributed by atoms with Crippen LogP contribution in [-0.4, -0.2) is 40.6 Å². The topological polar surface area (TPSA) is 89.8 Å². The van der Waals surface area contributed by atoms with Gasteiger partial charge in [-0.2, -0.15) is 0 Å². The highest BCUT2D eigenvalue weighted by Gasteiger charge is 2.44. The summed E-state index contributed by atoms with van der Waals surface area (Å²) in [5, 5.41) is 11.0. The third kappa shape index (κ3) is 3.80. The fourth-order valence-corrected chi connectivity index (χ4v) is 4.86. The van der Waals surface area contributed by atoms with Crippen molar-refractivity contribution in [3.8, 4) is 0 Å². The van der Waals surface area contributed by atoms with Crippen molar-refractivity contribution >= 4 is 52.5 Å². The summed E-state index contributed by atoms with van der Waals surface area (Å²) in [6.07, 6.45) is 0. The summed E-state index contributed by atoms with van der Waals surface area (Å²) in [7, 11) is 1.24. The average Bonchev–Trinajstić information content (AvgIpc) is 3.12. The van der Waals surface area contributed by atoms with E-state index in [1.807, 2.05) is 0 Å². The molecule has 1 fully saturated rings. The summed E-state index contributed by atoms with van der Waals surface area (Å²) in [5.41, 5.74) is 0.324. The van der Waals surface area contributed by atoms with Crippen LogP contribution >= 0.6 is 35.0 Å². The molecule has 2 atom stereocenters. The van der Waals surface area contributed by atoms with Gasteiger partial charge in [0.25, 0.3) is 11.6 Å². The van der Waals surface area contributed by atoms with Crippen LogP contribution < -0.4 is 0 Å². The lowest BCUT2D eigenvalue weighted by Crippen LogP contribution is -2.43. The van der Waals surface area contributed by atoms with Crippen molar-refractivity contribution in [2.24, 2.45) is 0 Å². The number of nitro groups is 1. The summed E-state index contributed by atoms with van der Waals surface area (Å²) in [4.78, 5) is 37.4. The quantitative estimate of drug-likeness (QED) is 0.399. The second kappa shape index (κ2) is 8.38. The van der Waals surface area contributed by atoms with E-state index in [1.54, 1.807) is 24.3 Å². The van der Waals surface area contributed by atoms with E-state index in [0.717, 1.165) is 6.07 Å². The van der Waals surface area contributed by atoms with Crippen molar-refractivity contribution in [2.75, 3.05) is 12.9 Å². The lowest BCUT2D eigenvalue weighted by molar-refractivity contribution is -0.384. The number of nitrogens with zero attached hydrogens (tertiary/aromatic N) is 2. The Labute approximate surface area is 174 Å². The molecule has 0 N–H and O–H groups in total. The highest BCUT2D eigenvalue weighted by Crippen LogP contribution is 2.45. The first-order valence-corrected chi connectivity index (χ1v) is 9.86. The van der Waals surface area contributed by atoms with Gasteiger partial charge in [-0.15, -0.1) is 11.8 Å². The maximum atomic E-state index is 13.3. The highest BCUT2D eigenvalue weighted by molar-refractivity contribution is 7.99. The van der Waals surface area contributed by atoms with Crippen molar-refractivity contribution in [3.63, 3.8) is 0 Å². The van der Waals surface area contributed by atoms with Crippen LogP contribution in [0.25, 0.3) is 0 Å². The van der Waals surface area contributed by atoms with Crippen LogP contribution in [0.5, 0.6) is 0 Å². The number of methoxy groups -OCH3 is 1. The Balaban J connectivity index is 2.06. The molecule has 1 amide bonds. The number of benzene rings is 2. The Bertz CT molecular complexity index is 955. The maximum Gasteiger partial charge on any atom is 0.329 e. The molecule has 0 aromatic heterocycles. The van der Waals surface area contributed by atoms with E-state index in [9.17, 15) is 19.7 Å². The molecule has 0 aliphatic carbocycles. The Morgan fingerprint density at radius 3 is 2.57 bits per heavy atom. The van der Waals surface area contributed by atoms with Gasteiger partial charge in [-0.05, 0) is 18.2 Å². The molecule has 2 aromatic rings. The molecule has 28 heavy (non-hydrogen) atoms. The summed E-state index contributed by atoms with van der Waals surface area (Å²) in [5.74, 6) is -0.812. The first-order valence-electron chi connectivity index (χ1n) is 8.05. The fourth-order valence-electron chi connectivity index (χ4n) is 2.92. The minimum absolute atomic E-state index is 0.0459. The zero-order valence-corrected chi connectivity index (χ0v) is 16.8. The Hall–Kier alpha value is -2.29. The van der Waals surface area contributed by atoms with Crippen LogP contribution in [0.1, 0.15) is 21.3 Å². The zero-order valence-electron chi connectivity index (χ0n) is 14.5. The standard InChI is InChI=1S/C18H14Cl2N2O5S/c1-27-18(24)15-9-28-17(11-4-2-3-5-12(11)19)21(15)16(23)10-6-7-13(20)14(8-10)22(25)26/h2-8,15,17H,9H2,1H3. The summed E-state index contributed by atoms with van der Waals surface area (Å²) in [6.45, 7) is 0. The van der Waals surface area contributed by atoms with E-state index in [-0.39, 0.29) is 16.3 Å². The molecule has 3 rings (SSSR count). The van der Waals surface area contributed by atoms with Crippen molar-refractivity contribution in [1.29, 1.82) is 0 Å². The molecule has 1 heterocycles. The molecule has 7 nitrogen and oxygen atoms in total. The van der Waals surface area contributed by atoms with Gasteiger partial charge >= 0.3 is 5.97 Å². The number of thioether (sulfide) groups is 1. The van der Waals surface area contributed by atoms with Crippen LogP contribution in [0.15, 0.2) is 42.5 Å². The third-order valence-electron chi connectivity index (χ3n) is 4.27. The van der Waals surface area contributed by atoms with Crippen molar-refractivity contribution in [3.05, 3.63) is 73.8 Å². The van der Waals surface area contributed by atoms with E-state index in [4.69, 9.17) is 27.9 Å². The summed E-state index contributed by atoms with van der Waals surface area (Å²) in [6, 6.07) is 9.93. The van der Waals surface area contributed by atoms with Crippen LogP contribution in [0.4, 0.5) is 5.69 Å². The Morgan fingerprint density at radius 2 is 1.93 bits per heavy atom. The molecule has 1 saturated heterocycles. The summed E-state index contributed by atoms with van der Waals surface area (Å²) < 4.78 is 4.84. The maximum absolute atomic E-state index is 13.3. The molecule has 1 aliphatic rings. The van der Waals surface area contributed by atoms with Crippen LogP contribution in [0, 0.1) is 10.1 Å². The van der Waals surface area contributed by atoms with Gasteiger partial charge in [0, 0.05) is 28.0 Å². The predicted octanol–water partition coefficient (Wildman–Crippen LogP) is 4.33. The number of carbonyl (C=O) groups is 2. The molecular weight excluding hydrogens is 427 g/mol. The number of hydrogen-bond donors (Lipinski definition) is 0. The number of halogens is 2. The molecule has 0 bridgehead atoms. The first-order chi connectivity index (χ1) is 13.3. The highest BCUT2D eigenvalue weighted by atomic mass is 35.5. The number of nitro benzene ring substituents is 1. The lowest BCUT2D eigenvalue weighted by atomic mass is 10.1. The number of carbonyl (C=O) groups excluding carboxylic acids is 2. The number of esters is 1. The molecule has 1 aliphatic heterocycles. The van der Waals surface area contributed by atoms with Crippen molar-refractivity contribution in [1.82, 2.24) is 4.90 Å². The van der Waals surface area contributed by atoms with Gasteiger partial charge in [-0.3, -0.25) is 14.9 Å². The van der Waals surface area contributed by atoms with Gasteiger partial charge in [-0.25, -0.2) is 4.79 Å². The Morgan fingerprint density at radius 1 is 1.21 bits per heavy atom. The molecule has 2 aromatic carbocycles. The number of hydrogen-bond acceptors (Lipinski definition) is 6. The molecule has 0 radical (unpaired) electrons. The minimum atomic E-state index is -0.849. The number of rotatable bonds is 4. The monoisotopic (exact) mass is 440 g/mol. The predicted molar refractivity (Wildman–Crippen MR) is 107 cm³/mol. The first kappa shape index (κ1) is 20.4. The van der Waals surface area contributed by atoms with E-state index in [2.05, 4.69) is 0 Å². The molecule has 146 valence electrons. The third-order valence-corrected chi connectivity index (χ3v) is 6.24. The lowest BCUT2D eigenvalue weighted by Gasteiger charge is -2.28. The van der Waals surface area contributed by atoms with E-state index >= 15 is 0 Å². The summed E-state index contributed by atoms with van der Waals surface area (Å²) >= 11 is 13.5. The molecular formula is C18H14Cl2N2O5S. The fraction of sp³-hybridized carbons (Fsp3) is 0.222. The number of amides is 1. The van der Waals surface area contributed by atoms with Crippen LogP contribution in [0.2, 0.25) is 10.0 Å². The molecule has 10 heteroatoms. The van der Waals surface area contributed by atoms with Crippen LogP contribution in [0.3, 0.4) is 0 Å². The second-order valence-corrected chi connectivity index (χ2v) is 7.81.